The number of carbonyl (C=O) groups excluding carboxylic acids is 1. The Morgan fingerprint density at radius 2 is 2.15 bits per heavy atom. The molecule has 1 amide bonds. The molecule has 6 nitrogen and oxygen atoms in total. The maximum absolute atomic E-state index is 12.9. The van der Waals surface area contributed by atoms with Crippen molar-refractivity contribution in [2.45, 2.75) is 39.2 Å². The zero-order valence-electron chi connectivity index (χ0n) is 15.3. The Morgan fingerprint density at radius 1 is 1.33 bits per heavy atom. The number of benzene rings is 1. The summed E-state index contributed by atoms with van der Waals surface area (Å²) in [5.41, 5.74) is 2.08. The average molecular weight is 382 g/mol. The van der Waals surface area contributed by atoms with E-state index in [-0.39, 0.29) is 18.0 Å². The second kappa shape index (κ2) is 7.60. The number of thiophene rings is 1. The van der Waals surface area contributed by atoms with Gasteiger partial charge in [0.05, 0.1) is 5.39 Å². The molecule has 1 unspecified atom stereocenters. The minimum Gasteiger partial charge on any atom is -0.354 e. The monoisotopic (exact) mass is 382 g/mol. The van der Waals surface area contributed by atoms with E-state index in [4.69, 9.17) is 0 Å². The molecule has 1 aliphatic rings. The molecule has 7 heteroatoms. The van der Waals surface area contributed by atoms with Crippen LogP contribution in [0.3, 0.4) is 0 Å². The molecule has 0 bridgehead atoms. The topological polar surface area (TPSA) is 76.9 Å². The lowest BCUT2D eigenvalue weighted by Gasteiger charge is -2.17. The molecule has 1 aliphatic carbocycles. The molecule has 27 heavy (non-hydrogen) atoms. The van der Waals surface area contributed by atoms with Crippen molar-refractivity contribution in [2.24, 2.45) is 5.92 Å². The second-order valence-electron chi connectivity index (χ2n) is 7.17. The summed E-state index contributed by atoms with van der Waals surface area (Å²) >= 11 is 1.57. The number of rotatable bonds is 5. The van der Waals surface area contributed by atoms with Crippen LogP contribution in [0.25, 0.3) is 10.2 Å². The molecule has 0 aliphatic heterocycles. The molecule has 2 aromatic heterocycles. The third-order valence-electron chi connectivity index (χ3n) is 5.06. The van der Waals surface area contributed by atoms with Gasteiger partial charge in [0.2, 0.25) is 5.91 Å². The standard InChI is InChI=1S/C20H22N4O2S/c1-13-7-8-15-16(11-13)27-19-18(15)20(26)24(23-22-19)12-17(25)21-10-9-14-5-3-2-4-6-14/h2-6,13H,7-12H2,1H3,(H,21,25). The Bertz CT molecular complexity index is 1030. The number of amides is 1. The smallest absolute Gasteiger partial charge is 0.279 e. The molecule has 1 N–H and O–H groups in total. The van der Waals surface area contributed by atoms with E-state index >= 15 is 0 Å². The van der Waals surface area contributed by atoms with Gasteiger partial charge in [-0.3, -0.25) is 9.59 Å². The van der Waals surface area contributed by atoms with E-state index < -0.39 is 0 Å². The SMILES string of the molecule is CC1CCc2c(sc3nnn(CC(=O)NCCc4ccccc4)c(=O)c23)C1. The summed E-state index contributed by atoms with van der Waals surface area (Å²) < 4.78 is 1.19. The van der Waals surface area contributed by atoms with E-state index in [1.54, 1.807) is 11.3 Å². The molecule has 0 fully saturated rings. The lowest BCUT2D eigenvalue weighted by atomic mass is 9.89. The largest absolute Gasteiger partial charge is 0.354 e. The first-order valence-electron chi connectivity index (χ1n) is 9.30. The average Bonchev–Trinajstić information content (AvgIpc) is 3.03. The van der Waals surface area contributed by atoms with Crippen LogP contribution >= 0.6 is 11.3 Å². The van der Waals surface area contributed by atoms with Gasteiger partial charge in [-0.1, -0.05) is 42.5 Å². The van der Waals surface area contributed by atoms with E-state index in [0.29, 0.717) is 22.7 Å². The van der Waals surface area contributed by atoms with Gasteiger partial charge < -0.3 is 5.32 Å². The first-order chi connectivity index (χ1) is 13.1. The van der Waals surface area contributed by atoms with Crippen molar-refractivity contribution < 1.29 is 4.79 Å². The lowest BCUT2D eigenvalue weighted by Crippen LogP contribution is -2.35. The first-order valence-corrected chi connectivity index (χ1v) is 10.1. The number of aryl methyl sites for hydroxylation is 1. The fourth-order valence-electron chi connectivity index (χ4n) is 3.58. The highest BCUT2D eigenvalue weighted by Gasteiger charge is 2.24. The molecule has 0 radical (unpaired) electrons. The van der Waals surface area contributed by atoms with Gasteiger partial charge in [0.15, 0.2) is 4.83 Å². The molecule has 1 atom stereocenters. The molecule has 0 saturated carbocycles. The summed E-state index contributed by atoms with van der Waals surface area (Å²) in [7, 11) is 0. The highest BCUT2D eigenvalue weighted by molar-refractivity contribution is 7.18. The molecule has 4 rings (SSSR count). The number of hydrogen-bond donors (Lipinski definition) is 1. The molecule has 2 heterocycles. The summed E-state index contributed by atoms with van der Waals surface area (Å²) in [6.07, 6.45) is 3.74. The zero-order valence-corrected chi connectivity index (χ0v) is 16.1. The Balaban J connectivity index is 1.46. The normalized spacial score (nSPS) is 16.3. The fourth-order valence-corrected chi connectivity index (χ4v) is 4.90. The summed E-state index contributed by atoms with van der Waals surface area (Å²) in [6.45, 7) is 2.66. The van der Waals surface area contributed by atoms with Gasteiger partial charge in [0.1, 0.15) is 6.54 Å². The predicted molar refractivity (Wildman–Crippen MR) is 106 cm³/mol. The Morgan fingerprint density at radius 3 is 2.96 bits per heavy atom. The van der Waals surface area contributed by atoms with Crippen LogP contribution in [0, 0.1) is 5.92 Å². The van der Waals surface area contributed by atoms with E-state index in [0.717, 1.165) is 36.8 Å². The maximum Gasteiger partial charge on any atom is 0.279 e. The number of aromatic nitrogens is 3. The van der Waals surface area contributed by atoms with Crippen LogP contribution < -0.4 is 10.9 Å². The van der Waals surface area contributed by atoms with Crippen molar-refractivity contribution in [3.63, 3.8) is 0 Å². The molecular weight excluding hydrogens is 360 g/mol. The number of hydrogen-bond acceptors (Lipinski definition) is 5. The van der Waals surface area contributed by atoms with Crippen molar-refractivity contribution in [3.8, 4) is 0 Å². The summed E-state index contributed by atoms with van der Waals surface area (Å²) in [4.78, 5) is 27.0. The van der Waals surface area contributed by atoms with Gasteiger partial charge in [-0.15, -0.1) is 16.4 Å². The van der Waals surface area contributed by atoms with E-state index in [2.05, 4.69) is 22.6 Å². The molecule has 0 spiro atoms. The van der Waals surface area contributed by atoms with Crippen molar-refractivity contribution in [1.82, 2.24) is 20.3 Å². The minimum absolute atomic E-state index is 0.0996. The fraction of sp³-hybridized carbons (Fsp3) is 0.400. The van der Waals surface area contributed by atoms with E-state index in [9.17, 15) is 9.59 Å². The number of nitrogens with zero attached hydrogens (tertiary/aromatic N) is 3. The van der Waals surface area contributed by atoms with Gasteiger partial charge >= 0.3 is 0 Å². The van der Waals surface area contributed by atoms with Crippen LogP contribution in [0.5, 0.6) is 0 Å². The first kappa shape index (κ1) is 17.9. The molecule has 0 saturated heterocycles. The van der Waals surface area contributed by atoms with Gasteiger partial charge in [0, 0.05) is 11.4 Å². The molecule has 1 aromatic carbocycles. The van der Waals surface area contributed by atoms with Crippen LogP contribution in [0.1, 0.15) is 29.3 Å². The summed E-state index contributed by atoms with van der Waals surface area (Å²) in [5, 5.41) is 11.7. The summed E-state index contributed by atoms with van der Waals surface area (Å²) in [6, 6.07) is 9.97. The Kier molecular flexibility index (Phi) is 5.03. The maximum atomic E-state index is 12.9. The van der Waals surface area contributed by atoms with Crippen LogP contribution in [-0.4, -0.2) is 27.4 Å². The lowest BCUT2D eigenvalue weighted by molar-refractivity contribution is -0.121. The van der Waals surface area contributed by atoms with Gasteiger partial charge in [-0.2, -0.15) is 0 Å². The minimum atomic E-state index is -0.223. The van der Waals surface area contributed by atoms with Gasteiger partial charge in [-0.05, 0) is 42.7 Å². The third-order valence-corrected chi connectivity index (χ3v) is 6.20. The number of carbonyl (C=O) groups is 1. The van der Waals surface area contributed by atoms with Crippen molar-refractivity contribution in [1.29, 1.82) is 0 Å². The molecule has 3 aromatic rings. The quantitative estimate of drug-likeness (QED) is 0.735. The number of fused-ring (bicyclic) bond motifs is 3. The van der Waals surface area contributed by atoms with Crippen molar-refractivity contribution in [2.75, 3.05) is 6.54 Å². The van der Waals surface area contributed by atoms with Crippen LogP contribution in [0.15, 0.2) is 35.1 Å². The van der Waals surface area contributed by atoms with Crippen molar-refractivity contribution >= 4 is 27.5 Å². The van der Waals surface area contributed by atoms with E-state index in [1.807, 2.05) is 30.3 Å². The van der Waals surface area contributed by atoms with Crippen LogP contribution in [-0.2, 0) is 30.6 Å². The number of nitrogens with one attached hydrogen (secondary N) is 1. The van der Waals surface area contributed by atoms with E-state index in [1.165, 1.54) is 9.56 Å². The Hall–Kier alpha value is -2.54. The zero-order chi connectivity index (χ0) is 18.8. The molecule has 140 valence electrons. The van der Waals surface area contributed by atoms with Crippen LogP contribution in [0.2, 0.25) is 0 Å². The van der Waals surface area contributed by atoms with Crippen LogP contribution in [0.4, 0.5) is 0 Å². The third kappa shape index (κ3) is 3.78. The highest BCUT2D eigenvalue weighted by atomic mass is 32.1. The van der Waals surface area contributed by atoms with Crippen molar-refractivity contribution in [3.05, 3.63) is 56.7 Å². The molecular formula is C20H22N4O2S. The Labute approximate surface area is 161 Å². The predicted octanol–water partition coefficient (Wildman–Crippen LogP) is 2.34. The van der Waals surface area contributed by atoms with Gasteiger partial charge in [-0.25, -0.2) is 4.68 Å². The summed E-state index contributed by atoms with van der Waals surface area (Å²) in [5.74, 6) is 0.413. The highest BCUT2D eigenvalue weighted by Crippen LogP contribution is 2.35. The van der Waals surface area contributed by atoms with Gasteiger partial charge in [0.25, 0.3) is 5.56 Å². The second-order valence-corrected chi connectivity index (χ2v) is 8.25.